The zero-order valence-corrected chi connectivity index (χ0v) is 10.3. The third-order valence-electron chi connectivity index (χ3n) is 2.70. The Bertz CT molecular complexity index is 350. The van der Waals surface area contributed by atoms with Crippen LogP contribution in [0.15, 0.2) is 12.1 Å². The fourth-order valence-electron chi connectivity index (χ4n) is 1.82. The third kappa shape index (κ3) is 2.97. The van der Waals surface area contributed by atoms with Crippen molar-refractivity contribution in [2.24, 2.45) is 5.73 Å². The first-order chi connectivity index (χ1) is 7.60. The Morgan fingerprint density at radius 2 is 2.00 bits per heavy atom. The van der Waals surface area contributed by atoms with E-state index in [0.717, 1.165) is 22.4 Å². The van der Waals surface area contributed by atoms with E-state index in [-0.39, 0.29) is 12.6 Å². The molecule has 0 aliphatic heterocycles. The van der Waals surface area contributed by atoms with Gasteiger partial charge in [0.15, 0.2) is 0 Å². The number of hydrogen-bond donors (Lipinski definition) is 2. The Kier molecular flexibility index (Phi) is 4.77. The predicted octanol–water partition coefficient (Wildman–Crippen LogP) is 2.08. The molecule has 0 spiro atoms. The van der Waals surface area contributed by atoms with Gasteiger partial charge >= 0.3 is 0 Å². The lowest BCUT2D eigenvalue weighted by Gasteiger charge is -2.17. The molecule has 0 saturated heterocycles. The van der Waals surface area contributed by atoms with Crippen LogP contribution in [0.25, 0.3) is 0 Å². The second kappa shape index (κ2) is 5.87. The largest absolute Gasteiger partial charge is 0.494 e. The van der Waals surface area contributed by atoms with Crippen LogP contribution in [0.3, 0.4) is 0 Å². The lowest BCUT2D eigenvalue weighted by atomic mass is 9.97. The van der Waals surface area contributed by atoms with Crippen molar-refractivity contribution in [3.63, 3.8) is 0 Å². The highest BCUT2D eigenvalue weighted by atomic mass is 16.5. The second-order valence-corrected chi connectivity index (χ2v) is 4.03. The van der Waals surface area contributed by atoms with Gasteiger partial charge in [-0.1, -0.05) is 6.07 Å². The molecule has 0 aliphatic carbocycles. The minimum atomic E-state index is -0.0978. The van der Waals surface area contributed by atoms with Crippen LogP contribution in [-0.4, -0.2) is 18.3 Å². The van der Waals surface area contributed by atoms with E-state index in [1.807, 2.05) is 26.8 Å². The van der Waals surface area contributed by atoms with E-state index in [0.29, 0.717) is 13.0 Å². The Balaban J connectivity index is 3.00. The molecule has 1 unspecified atom stereocenters. The molecule has 1 rings (SSSR count). The lowest BCUT2D eigenvalue weighted by Crippen LogP contribution is -2.13. The molecular formula is C13H21NO2. The molecule has 0 fully saturated rings. The molecule has 0 bridgehead atoms. The molecular weight excluding hydrogens is 202 g/mol. The first-order valence-corrected chi connectivity index (χ1v) is 5.70. The van der Waals surface area contributed by atoms with Gasteiger partial charge in [-0.2, -0.15) is 0 Å². The summed E-state index contributed by atoms with van der Waals surface area (Å²) in [5, 5.41) is 8.89. The fourth-order valence-corrected chi connectivity index (χ4v) is 1.82. The van der Waals surface area contributed by atoms with E-state index in [9.17, 15) is 0 Å². The van der Waals surface area contributed by atoms with Crippen LogP contribution in [0.4, 0.5) is 0 Å². The summed E-state index contributed by atoms with van der Waals surface area (Å²) in [6.45, 7) is 6.80. The maximum atomic E-state index is 8.89. The summed E-state index contributed by atoms with van der Waals surface area (Å²) in [5.41, 5.74) is 9.30. The van der Waals surface area contributed by atoms with Gasteiger partial charge in [0.25, 0.3) is 0 Å². The Labute approximate surface area is 97.2 Å². The van der Waals surface area contributed by atoms with Crippen LogP contribution in [0.2, 0.25) is 0 Å². The molecule has 0 aliphatic rings. The number of rotatable bonds is 5. The maximum absolute atomic E-state index is 8.89. The van der Waals surface area contributed by atoms with Gasteiger partial charge in [-0.15, -0.1) is 0 Å². The Morgan fingerprint density at radius 3 is 2.56 bits per heavy atom. The molecule has 16 heavy (non-hydrogen) atoms. The first kappa shape index (κ1) is 13.0. The molecule has 0 saturated carbocycles. The highest BCUT2D eigenvalue weighted by molar-refractivity contribution is 5.42. The number of nitrogens with two attached hydrogens (primary N) is 1. The molecule has 3 heteroatoms. The molecule has 0 heterocycles. The quantitative estimate of drug-likeness (QED) is 0.803. The molecule has 0 amide bonds. The van der Waals surface area contributed by atoms with Crippen LogP contribution < -0.4 is 10.5 Å². The van der Waals surface area contributed by atoms with Gasteiger partial charge in [-0.25, -0.2) is 0 Å². The van der Waals surface area contributed by atoms with Crippen LogP contribution >= 0.6 is 0 Å². The highest BCUT2D eigenvalue weighted by Crippen LogP contribution is 2.27. The predicted molar refractivity (Wildman–Crippen MR) is 65.7 cm³/mol. The van der Waals surface area contributed by atoms with Gasteiger partial charge in [-0.05, 0) is 49.9 Å². The van der Waals surface area contributed by atoms with E-state index in [1.54, 1.807) is 0 Å². The number of aryl methyl sites for hydroxylation is 2. The van der Waals surface area contributed by atoms with Crippen LogP contribution in [-0.2, 0) is 0 Å². The number of hydrogen-bond acceptors (Lipinski definition) is 3. The molecule has 90 valence electrons. The Hall–Kier alpha value is -1.06. The normalized spacial score (nSPS) is 12.6. The van der Waals surface area contributed by atoms with Gasteiger partial charge in [0.2, 0.25) is 0 Å². The summed E-state index contributed by atoms with van der Waals surface area (Å²) < 4.78 is 5.52. The van der Waals surface area contributed by atoms with E-state index in [4.69, 9.17) is 15.6 Å². The summed E-state index contributed by atoms with van der Waals surface area (Å²) in [4.78, 5) is 0. The minimum Gasteiger partial charge on any atom is -0.494 e. The van der Waals surface area contributed by atoms with Crippen LogP contribution in [0.1, 0.15) is 36.1 Å². The number of ether oxygens (including phenoxy) is 1. The summed E-state index contributed by atoms with van der Waals surface area (Å²) >= 11 is 0. The standard InChI is InChI=1S/C13H21NO2/c1-4-16-13-8-9(2)11(7-10(13)3)12(14)5-6-15/h7-8,12,15H,4-6,14H2,1-3H3. The molecule has 3 nitrogen and oxygen atoms in total. The lowest BCUT2D eigenvalue weighted by molar-refractivity contribution is 0.276. The summed E-state index contributed by atoms with van der Waals surface area (Å²) in [7, 11) is 0. The average molecular weight is 223 g/mol. The van der Waals surface area contributed by atoms with Crippen LogP contribution in [0, 0.1) is 13.8 Å². The van der Waals surface area contributed by atoms with Gasteiger partial charge in [0, 0.05) is 12.6 Å². The van der Waals surface area contributed by atoms with Crippen LogP contribution in [0.5, 0.6) is 5.75 Å². The van der Waals surface area contributed by atoms with Crippen molar-refractivity contribution < 1.29 is 9.84 Å². The van der Waals surface area contributed by atoms with Crippen molar-refractivity contribution in [1.29, 1.82) is 0 Å². The maximum Gasteiger partial charge on any atom is 0.122 e. The van der Waals surface area contributed by atoms with Crippen molar-refractivity contribution in [2.75, 3.05) is 13.2 Å². The van der Waals surface area contributed by atoms with Gasteiger partial charge in [-0.3, -0.25) is 0 Å². The van der Waals surface area contributed by atoms with Crippen molar-refractivity contribution in [1.82, 2.24) is 0 Å². The average Bonchev–Trinajstić information content (AvgIpc) is 2.23. The van der Waals surface area contributed by atoms with E-state index >= 15 is 0 Å². The van der Waals surface area contributed by atoms with Crippen molar-refractivity contribution in [2.45, 2.75) is 33.2 Å². The smallest absolute Gasteiger partial charge is 0.122 e. The fraction of sp³-hybridized carbons (Fsp3) is 0.538. The topological polar surface area (TPSA) is 55.5 Å². The third-order valence-corrected chi connectivity index (χ3v) is 2.70. The molecule has 1 aromatic rings. The van der Waals surface area contributed by atoms with Gasteiger partial charge in [0.05, 0.1) is 6.61 Å². The number of aliphatic hydroxyl groups excluding tert-OH is 1. The number of benzene rings is 1. The summed E-state index contributed by atoms with van der Waals surface area (Å²) in [5.74, 6) is 0.917. The zero-order chi connectivity index (χ0) is 12.1. The van der Waals surface area contributed by atoms with E-state index in [1.165, 1.54) is 0 Å². The van der Waals surface area contributed by atoms with Crippen molar-refractivity contribution >= 4 is 0 Å². The van der Waals surface area contributed by atoms with E-state index in [2.05, 4.69) is 6.07 Å². The van der Waals surface area contributed by atoms with Gasteiger partial charge in [0.1, 0.15) is 5.75 Å². The zero-order valence-electron chi connectivity index (χ0n) is 10.3. The molecule has 0 aromatic heterocycles. The molecule has 1 aromatic carbocycles. The second-order valence-electron chi connectivity index (χ2n) is 4.03. The van der Waals surface area contributed by atoms with Crippen molar-refractivity contribution in [3.05, 3.63) is 28.8 Å². The summed E-state index contributed by atoms with van der Waals surface area (Å²) in [6.07, 6.45) is 0.592. The molecule has 3 N–H and O–H groups in total. The summed E-state index contributed by atoms with van der Waals surface area (Å²) in [6, 6.07) is 3.98. The van der Waals surface area contributed by atoms with E-state index < -0.39 is 0 Å². The molecule has 1 atom stereocenters. The highest BCUT2D eigenvalue weighted by Gasteiger charge is 2.11. The first-order valence-electron chi connectivity index (χ1n) is 5.70. The molecule has 0 radical (unpaired) electrons. The van der Waals surface area contributed by atoms with Gasteiger partial charge < -0.3 is 15.6 Å². The minimum absolute atomic E-state index is 0.0978. The monoisotopic (exact) mass is 223 g/mol. The van der Waals surface area contributed by atoms with Crippen molar-refractivity contribution in [3.8, 4) is 5.75 Å². The number of aliphatic hydroxyl groups is 1. The Morgan fingerprint density at radius 1 is 1.31 bits per heavy atom. The SMILES string of the molecule is CCOc1cc(C)c(C(N)CCO)cc1C.